The number of aliphatic hydroxyl groups is 1. The molecule has 1 amide bonds. The molecule has 1 aliphatic heterocycles. The predicted octanol–water partition coefficient (Wildman–Crippen LogP) is 2.82. The molecule has 0 spiro atoms. The van der Waals surface area contributed by atoms with Gasteiger partial charge in [0.05, 0.1) is 12.7 Å². The van der Waals surface area contributed by atoms with Gasteiger partial charge in [-0.2, -0.15) is 0 Å². The van der Waals surface area contributed by atoms with Crippen LogP contribution in [0.1, 0.15) is 30.9 Å². The fraction of sp³-hybridized carbons (Fsp3) is 0.348. The summed E-state index contributed by atoms with van der Waals surface area (Å²) >= 11 is 0. The molecule has 4 rings (SSSR count). The minimum atomic E-state index is -0.913. The van der Waals surface area contributed by atoms with Gasteiger partial charge in [-0.3, -0.25) is 10.1 Å². The SMILES string of the molecule is COc1ccccc1CNC(=O)[C@]1(c2c[nH]c3ccccc23)CC[C@](C)(O)CN1. The summed E-state index contributed by atoms with van der Waals surface area (Å²) in [6.07, 6.45) is 2.93. The number of aromatic amines is 1. The molecule has 2 aromatic carbocycles. The minimum Gasteiger partial charge on any atom is -0.496 e. The molecule has 2 atom stereocenters. The van der Waals surface area contributed by atoms with Crippen molar-refractivity contribution >= 4 is 16.8 Å². The van der Waals surface area contributed by atoms with Crippen LogP contribution in [0.25, 0.3) is 10.9 Å². The molecule has 29 heavy (non-hydrogen) atoms. The number of aromatic nitrogens is 1. The zero-order valence-electron chi connectivity index (χ0n) is 16.8. The largest absolute Gasteiger partial charge is 0.496 e. The van der Waals surface area contributed by atoms with Gasteiger partial charge in [0.25, 0.3) is 0 Å². The highest BCUT2D eigenvalue weighted by atomic mass is 16.5. The van der Waals surface area contributed by atoms with E-state index in [1.54, 1.807) is 14.0 Å². The summed E-state index contributed by atoms with van der Waals surface area (Å²) in [5, 5.41) is 17.9. The normalized spacial score (nSPS) is 24.4. The summed E-state index contributed by atoms with van der Waals surface area (Å²) in [5.74, 6) is 0.636. The maximum Gasteiger partial charge on any atom is 0.245 e. The number of fused-ring (bicyclic) bond motifs is 1. The third-order valence-electron chi connectivity index (χ3n) is 5.88. The van der Waals surface area contributed by atoms with Crippen LogP contribution in [0.15, 0.2) is 54.7 Å². The lowest BCUT2D eigenvalue weighted by atomic mass is 9.77. The number of carbonyl (C=O) groups excluding carboxylic acids is 1. The Morgan fingerprint density at radius 1 is 1.17 bits per heavy atom. The van der Waals surface area contributed by atoms with E-state index in [-0.39, 0.29) is 5.91 Å². The van der Waals surface area contributed by atoms with E-state index < -0.39 is 11.1 Å². The van der Waals surface area contributed by atoms with Gasteiger partial charge in [0, 0.05) is 41.3 Å². The Morgan fingerprint density at radius 3 is 2.69 bits per heavy atom. The van der Waals surface area contributed by atoms with Crippen LogP contribution in [0.4, 0.5) is 0 Å². The number of carbonyl (C=O) groups is 1. The lowest BCUT2D eigenvalue weighted by Gasteiger charge is -2.42. The molecule has 0 bridgehead atoms. The molecule has 4 N–H and O–H groups in total. The van der Waals surface area contributed by atoms with Gasteiger partial charge in [-0.1, -0.05) is 36.4 Å². The maximum atomic E-state index is 13.5. The van der Waals surface area contributed by atoms with Gasteiger partial charge in [0.15, 0.2) is 0 Å². The van der Waals surface area contributed by atoms with Gasteiger partial charge >= 0.3 is 0 Å². The van der Waals surface area contributed by atoms with E-state index >= 15 is 0 Å². The average molecular weight is 393 g/mol. The van der Waals surface area contributed by atoms with Crippen LogP contribution in [0.5, 0.6) is 5.75 Å². The fourth-order valence-corrected chi connectivity index (χ4v) is 4.12. The summed E-state index contributed by atoms with van der Waals surface area (Å²) in [7, 11) is 1.62. The van der Waals surface area contributed by atoms with Crippen LogP contribution in [-0.2, 0) is 16.9 Å². The van der Waals surface area contributed by atoms with Crippen LogP contribution < -0.4 is 15.4 Å². The van der Waals surface area contributed by atoms with Crippen molar-refractivity contribution in [3.8, 4) is 5.75 Å². The van der Waals surface area contributed by atoms with E-state index in [4.69, 9.17) is 4.74 Å². The number of para-hydroxylation sites is 2. The van der Waals surface area contributed by atoms with Gasteiger partial charge in [0.1, 0.15) is 11.3 Å². The second-order valence-corrected chi connectivity index (χ2v) is 8.00. The topological polar surface area (TPSA) is 86.4 Å². The van der Waals surface area contributed by atoms with E-state index in [0.717, 1.165) is 27.8 Å². The summed E-state index contributed by atoms with van der Waals surface area (Å²) in [4.78, 5) is 16.8. The van der Waals surface area contributed by atoms with Gasteiger partial charge in [-0.05, 0) is 31.9 Å². The Labute approximate surface area is 170 Å². The second-order valence-electron chi connectivity index (χ2n) is 8.00. The van der Waals surface area contributed by atoms with Crippen molar-refractivity contribution in [1.82, 2.24) is 15.6 Å². The first-order valence-corrected chi connectivity index (χ1v) is 9.89. The number of hydrogen-bond donors (Lipinski definition) is 4. The number of ether oxygens (including phenoxy) is 1. The lowest BCUT2D eigenvalue weighted by molar-refractivity contribution is -0.131. The molecule has 1 fully saturated rings. The molecule has 1 aliphatic rings. The number of amides is 1. The molecule has 1 saturated heterocycles. The monoisotopic (exact) mass is 393 g/mol. The maximum absolute atomic E-state index is 13.5. The highest BCUT2D eigenvalue weighted by molar-refractivity contribution is 5.95. The van der Waals surface area contributed by atoms with Crippen molar-refractivity contribution in [1.29, 1.82) is 0 Å². The van der Waals surface area contributed by atoms with Crippen LogP contribution in [0, 0.1) is 0 Å². The van der Waals surface area contributed by atoms with E-state index in [2.05, 4.69) is 15.6 Å². The third-order valence-corrected chi connectivity index (χ3v) is 5.88. The molecule has 152 valence electrons. The number of hydrogen-bond acceptors (Lipinski definition) is 4. The summed E-state index contributed by atoms with van der Waals surface area (Å²) in [5.41, 5.74) is 1.06. The number of benzene rings is 2. The lowest BCUT2D eigenvalue weighted by Crippen LogP contribution is -2.61. The Balaban J connectivity index is 1.67. The fourth-order valence-electron chi connectivity index (χ4n) is 4.12. The first-order valence-electron chi connectivity index (χ1n) is 9.89. The van der Waals surface area contributed by atoms with Gasteiger partial charge in [0.2, 0.25) is 5.91 Å². The van der Waals surface area contributed by atoms with Crippen molar-refractivity contribution in [2.75, 3.05) is 13.7 Å². The highest BCUT2D eigenvalue weighted by Gasteiger charge is 2.47. The Hall–Kier alpha value is -2.83. The van der Waals surface area contributed by atoms with Crippen molar-refractivity contribution < 1.29 is 14.6 Å². The molecular weight excluding hydrogens is 366 g/mol. The smallest absolute Gasteiger partial charge is 0.245 e. The number of methoxy groups -OCH3 is 1. The van der Waals surface area contributed by atoms with Crippen molar-refractivity contribution in [2.24, 2.45) is 0 Å². The van der Waals surface area contributed by atoms with Gasteiger partial charge < -0.3 is 20.1 Å². The molecule has 6 nitrogen and oxygen atoms in total. The van der Waals surface area contributed by atoms with E-state index in [1.807, 2.05) is 54.7 Å². The number of H-pyrrole nitrogens is 1. The number of piperidine rings is 1. The first kappa shape index (κ1) is 19.5. The van der Waals surface area contributed by atoms with E-state index in [9.17, 15) is 9.90 Å². The number of nitrogens with one attached hydrogen (secondary N) is 3. The molecule has 0 unspecified atom stereocenters. The molecule has 6 heteroatoms. The molecule has 1 aromatic heterocycles. The third kappa shape index (κ3) is 3.61. The van der Waals surface area contributed by atoms with Crippen LogP contribution in [0.2, 0.25) is 0 Å². The summed E-state index contributed by atoms with van der Waals surface area (Å²) in [6, 6.07) is 15.6. The average Bonchev–Trinajstić information content (AvgIpc) is 3.17. The van der Waals surface area contributed by atoms with Crippen molar-refractivity contribution in [2.45, 2.75) is 37.5 Å². The van der Waals surface area contributed by atoms with E-state index in [1.165, 1.54) is 0 Å². The Kier molecular flexibility index (Phi) is 5.06. The predicted molar refractivity (Wildman–Crippen MR) is 113 cm³/mol. The van der Waals surface area contributed by atoms with Gasteiger partial charge in [-0.15, -0.1) is 0 Å². The minimum absolute atomic E-state index is 0.108. The Bertz CT molecular complexity index is 1010. The molecule has 0 radical (unpaired) electrons. The number of β-amino-alcohol motifs (C(OH)–C–C–N with tert-alkyl or cyclic N) is 1. The zero-order valence-corrected chi connectivity index (χ0v) is 16.8. The zero-order chi connectivity index (χ0) is 20.5. The first-order chi connectivity index (χ1) is 14.0. The molecule has 3 aromatic rings. The van der Waals surface area contributed by atoms with Gasteiger partial charge in [-0.25, -0.2) is 0 Å². The molecular formula is C23H27N3O3. The Morgan fingerprint density at radius 2 is 1.93 bits per heavy atom. The highest BCUT2D eigenvalue weighted by Crippen LogP contribution is 2.38. The van der Waals surface area contributed by atoms with Crippen molar-refractivity contribution in [3.63, 3.8) is 0 Å². The summed E-state index contributed by atoms with van der Waals surface area (Å²) in [6.45, 7) is 2.51. The molecule has 2 heterocycles. The van der Waals surface area contributed by atoms with Crippen LogP contribution >= 0.6 is 0 Å². The molecule has 0 saturated carbocycles. The summed E-state index contributed by atoms with van der Waals surface area (Å²) < 4.78 is 5.40. The quantitative estimate of drug-likeness (QED) is 0.537. The van der Waals surface area contributed by atoms with Crippen LogP contribution in [0.3, 0.4) is 0 Å². The molecule has 0 aliphatic carbocycles. The van der Waals surface area contributed by atoms with Crippen LogP contribution in [-0.4, -0.2) is 35.3 Å². The second kappa shape index (κ2) is 7.54. The van der Waals surface area contributed by atoms with E-state index in [0.29, 0.717) is 25.9 Å². The number of rotatable bonds is 5. The van der Waals surface area contributed by atoms with Crippen molar-refractivity contribution in [3.05, 3.63) is 65.9 Å². The standard InChI is InChI=1S/C23H27N3O3/c1-22(28)11-12-23(26-15-22,18-14-24-19-9-5-4-8-17(18)19)21(27)25-13-16-7-3-6-10-20(16)29-2/h3-10,14,24,26,28H,11-13,15H2,1-2H3,(H,25,27)/t22-,23+/m0/s1.